The second kappa shape index (κ2) is 76.1. The van der Waals surface area contributed by atoms with Crippen LogP contribution in [0.2, 0.25) is 0 Å². The summed E-state index contributed by atoms with van der Waals surface area (Å²) in [5.74, 6) is 0.276. The summed E-state index contributed by atoms with van der Waals surface area (Å²) in [6.45, 7) is 12.0. The summed E-state index contributed by atoms with van der Waals surface area (Å²) in [4.78, 5) is 73.2. The van der Waals surface area contributed by atoms with Crippen LogP contribution in [0.15, 0.2) is 0 Å². The third-order valence-corrected chi connectivity index (χ3v) is 22.4. The van der Waals surface area contributed by atoms with Crippen LogP contribution in [-0.2, 0) is 65.4 Å². The van der Waals surface area contributed by atoms with E-state index in [-0.39, 0.29) is 25.7 Å². The molecule has 0 aliphatic heterocycles. The third-order valence-electron chi connectivity index (χ3n) is 20.5. The zero-order chi connectivity index (χ0) is 77.2. The second-order valence-electron chi connectivity index (χ2n) is 32.1. The van der Waals surface area contributed by atoms with Crippen LogP contribution < -0.4 is 0 Å². The molecule has 0 aromatic heterocycles. The number of esters is 4. The van der Waals surface area contributed by atoms with Gasteiger partial charge in [0.05, 0.1) is 26.4 Å². The fraction of sp³-hybridized carbons (Fsp3) is 0.953. The molecule has 6 atom stereocenters. The Balaban J connectivity index is 5.24. The minimum atomic E-state index is -4.97. The third kappa shape index (κ3) is 78.5. The quantitative estimate of drug-likeness (QED) is 0.0222. The van der Waals surface area contributed by atoms with Gasteiger partial charge in [0.15, 0.2) is 12.2 Å². The number of aliphatic hydroxyl groups excluding tert-OH is 1. The summed E-state index contributed by atoms with van der Waals surface area (Å²) >= 11 is 0. The van der Waals surface area contributed by atoms with Gasteiger partial charge in [-0.1, -0.05) is 402 Å². The average molecular weight is 1540 g/mol. The maximum Gasteiger partial charge on any atom is 0.472 e. The monoisotopic (exact) mass is 1540 g/mol. The summed E-state index contributed by atoms with van der Waals surface area (Å²) in [5, 5.41) is 10.7. The van der Waals surface area contributed by atoms with Gasteiger partial charge in [-0.2, -0.15) is 0 Å². The minimum Gasteiger partial charge on any atom is -0.462 e. The summed E-state index contributed by atoms with van der Waals surface area (Å²) in [6.07, 6.45) is 66.6. The molecule has 0 spiro atoms. The van der Waals surface area contributed by atoms with Crippen molar-refractivity contribution in [3.63, 3.8) is 0 Å². The molecule has 0 aliphatic carbocycles. The highest BCUT2D eigenvalue weighted by Gasteiger charge is 2.30. The number of phosphoric ester groups is 2. The number of hydrogen-bond donors (Lipinski definition) is 3. The molecule has 0 bridgehead atoms. The van der Waals surface area contributed by atoms with Gasteiger partial charge in [-0.05, 0) is 43.4 Å². The predicted octanol–water partition coefficient (Wildman–Crippen LogP) is 26.1. The van der Waals surface area contributed by atoms with Gasteiger partial charge in [-0.25, -0.2) is 9.13 Å². The maximum absolute atomic E-state index is 13.1. The van der Waals surface area contributed by atoms with E-state index in [4.69, 9.17) is 37.0 Å². The lowest BCUT2D eigenvalue weighted by atomic mass is 9.99. The molecule has 19 heteroatoms. The van der Waals surface area contributed by atoms with Gasteiger partial charge in [0.1, 0.15) is 19.3 Å². The fourth-order valence-corrected chi connectivity index (χ4v) is 14.9. The number of phosphoric acid groups is 2. The molecule has 624 valence electrons. The maximum atomic E-state index is 13.1. The number of aliphatic hydroxyl groups is 1. The highest BCUT2D eigenvalue weighted by Crippen LogP contribution is 2.45. The fourth-order valence-electron chi connectivity index (χ4n) is 13.3. The average Bonchev–Trinajstić information content (AvgIpc) is 0.911. The summed E-state index contributed by atoms with van der Waals surface area (Å²) in [5.41, 5.74) is 0. The van der Waals surface area contributed by atoms with E-state index in [0.717, 1.165) is 108 Å². The van der Waals surface area contributed by atoms with Crippen LogP contribution in [0.1, 0.15) is 453 Å². The smallest absolute Gasteiger partial charge is 0.462 e. The normalized spacial score (nSPS) is 14.1. The molecule has 0 heterocycles. The van der Waals surface area contributed by atoms with E-state index in [2.05, 4.69) is 48.5 Å². The second-order valence-corrected chi connectivity index (χ2v) is 35.0. The molecule has 0 saturated carbocycles. The van der Waals surface area contributed by atoms with Gasteiger partial charge < -0.3 is 33.8 Å². The lowest BCUT2D eigenvalue weighted by molar-refractivity contribution is -0.161. The van der Waals surface area contributed by atoms with E-state index >= 15 is 0 Å². The zero-order valence-electron chi connectivity index (χ0n) is 69.2. The molecule has 0 aromatic rings. The molecule has 0 radical (unpaired) electrons. The number of ether oxygens (including phenoxy) is 4. The minimum absolute atomic E-state index is 0.106. The predicted molar refractivity (Wildman–Crippen MR) is 432 cm³/mol. The standard InChI is InChI=1S/C86H168O17P2/c1-8-10-11-12-13-14-15-16-17-20-24-27-32-39-46-53-60-67-83(88)96-73-81(102-85(90)69-62-55-48-40-33-28-25-22-19-18-21-23-26-31-38-45-52-59-66-79(7)9-2)75-100-104(92,93)98-71-80(87)72-99-105(94,95)101-76-82(74-97-84(89)68-61-54-47-42-35-37-44-51-58-65-78(5)6)103-86(91)70-63-56-49-41-34-29-30-36-43-50-57-64-77(3)4/h77-82,87H,8-76H2,1-7H3,(H,92,93)(H,94,95)/t79?,80-,81-,82-/m1/s1. The van der Waals surface area contributed by atoms with Crippen molar-refractivity contribution in [2.24, 2.45) is 17.8 Å². The lowest BCUT2D eigenvalue weighted by Crippen LogP contribution is -2.30. The molecule has 3 unspecified atom stereocenters. The molecule has 17 nitrogen and oxygen atoms in total. The number of unbranched alkanes of at least 4 members (excludes halogenated alkanes) is 51. The molecule has 105 heavy (non-hydrogen) atoms. The Morgan fingerprint density at radius 2 is 0.486 bits per heavy atom. The van der Waals surface area contributed by atoms with Crippen LogP contribution in [0, 0.1) is 17.8 Å². The largest absolute Gasteiger partial charge is 0.472 e. The molecule has 0 amide bonds. The van der Waals surface area contributed by atoms with E-state index in [0.29, 0.717) is 25.7 Å². The van der Waals surface area contributed by atoms with E-state index in [1.807, 2.05) is 0 Å². The number of carbonyl (C=O) groups excluding carboxylic acids is 4. The first-order chi connectivity index (χ1) is 50.8. The van der Waals surface area contributed by atoms with Crippen molar-refractivity contribution in [2.45, 2.75) is 471 Å². The van der Waals surface area contributed by atoms with Crippen molar-refractivity contribution in [3.8, 4) is 0 Å². The lowest BCUT2D eigenvalue weighted by Gasteiger charge is -2.21. The van der Waals surface area contributed by atoms with Crippen LogP contribution in [0.4, 0.5) is 0 Å². The van der Waals surface area contributed by atoms with Crippen molar-refractivity contribution >= 4 is 39.5 Å². The van der Waals surface area contributed by atoms with Gasteiger partial charge in [-0.3, -0.25) is 37.3 Å². The first-order valence-electron chi connectivity index (χ1n) is 44.4. The summed E-state index contributed by atoms with van der Waals surface area (Å²) in [7, 11) is -9.93. The van der Waals surface area contributed by atoms with Gasteiger partial charge >= 0.3 is 39.5 Å². The number of rotatable bonds is 84. The Labute approximate surface area is 645 Å². The van der Waals surface area contributed by atoms with Crippen LogP contribution in [-0.4, -0.2) is 96.7 Å². The number of hydrogen-bond acceptors (Lipinski definition) is 15. The molecule has 0 aromatic carbocycles. The van der Waals surface area contributed by atoms with E-state index in [1.165, 1.54) is 263 Å². The Kier molecular flexibility index (Phi) is 74.7. The van der Waals surface area contributed by atoms with Crippen molar-refractivity contribution in [3.05, 3.63) is 0 Å². The highest BCUT2D eigenvalue weighted by molar-refractivity contribution is 7.47. The van der Waals surface area contributed by atoms with Crippen LogP contribution >= 0.6 is 15.6 Å². The van der Waals surface area contributed by atoms with Crippen molar-refractivity contribution in [2.75, 3.05) is 39.6 Å². The Bertz CT molecular complexity index is 2030. The molecular weight excluding hydrogens is 1370 g/mol. The van der Waals surface area contributed by atoms with Gasteiger partial charge in [0.2, 0.25) is 0 Å². The van der Waals surface area contributed by atoms with Crippen LogP contribution in [0.25, 0.3) is 0 Å². The van der Waals surface area contributed by atoms with Crippen molar-refractivity contribution in [1.82, 2.24) is 0 Å². The SMILES string of the molecule is CCCCCCCCCCCCCCCCCCCC(=O)OC[C@H](COP(=O)(O)OC[C@@H](O)COP(=O)(O)OC[C@@H](COC(=O)CCCCCCCCCCCC(C)C)OC(=O)CCCCCCCCCCCCCC(C)C)OC(=O)CCCCCCCCCCCCCCCCCCCCC(C)CC. The van der Waals surface area contributed by atoms with Gasteiger partial charge in [-0.15, -0.1) is 0 Å². The first-order valence-corrected chi connectivity index (χ1v) is 47.4. The summed E-state index contributed by atoms with van der Waals surface area (Å²) < 4.78 is 68.9. The van der Waals surface area contributed by atoms with Gasteiger partial charge in [0.25, 0.3) is 0 Å². The van der Waals surface area contributed by atoms with Crippen LogP contribution in [0.5, 0.6) is 0 Å². The highest BCUT2D eigenvalue weighted by atomic mass is 31.2. The zero-order valence-corrected chi connectivity index (χ0v) is 71.0. The number of carbonyl (C=O) groups is 4. The molecule has 0 aliphatic rings. The molecule has 0 fully saturated rings. The van der Waals surface area contributed by atoms with Crippen molar-refractivity contribution < 1.29 is 80.2 Å². The Hall–Kier alpha value is -1.94. The molecule has 3 N–H and O–H groups in total. The first kappa shape index (κ1) is 103. The van der Waals surface area contributed by atoms with E-state index in [1.54, 1.807) is 0 Å². The molecular formula is C86H168O17P2. The molecule has 0 rings (SSSR count). The molecule has 0 saturated heterocycles. The van der Waals surface area contributed by atoms with E-state index in [9.17, 15) is 43.2 Å². The topological polar surface area (TPSA) is 237 Å². The Morgan fingerprint density at radius 3 is 0.724 bits per heavy atom. The van der Waals surface area contributed by atoms with E-state index < -0.39 is 97.5 Å². The van der Waals surface area contributed by atoms with Crippen LogP contribution in [0.3, 0.4) is 0 Å². The summed E-state index contributed by atoms with van der Waals surface area (Å²) in [6, 6.07) is 0. The van der Waals surface area contributed by atoms with Crippen molar-refractivity contribution in [1.29, 1.82) is 0 Å². The van der Waals surface area contributed by atoms with Gasteiger partial charge in [0, 0.05) is 25.7 Å². The Morgan fingerprint density at radius 1 is 0.276 bits per heavy atom.